The van der Waals surface area contributed by atoms with Crippen LogP contribution in [-0.2, 0) is 14.2 Å². The maximum Gasteiger partial charge on any atom is 0.242 e. The SMILES string of the molecule is COC(=S)c1ccc(C)c(OCCC2OC=CO2)c1Cl. The highest BCUT2D eigenvalue weighted by Gasteiger charge is 2.16. The summed E-state index contributed by atoms with van der Waals surface area (Å²) in [7, 11) is 1.51. The number of thiocarbonyl (C=S) groups is 1. The van der Waals surface area contributed by atoms with Gasteiger partial charge in [0.1, 0.15) is 18.3 Å². The molecular weight excluding hydrogens is 300 g/mol. The van der Waals surface area contributed by atoms with Gasteiger partial charge in [0.05, 0.1) is 30.7 Å². The summed E-state index contributed by atoms with van der Waals surface area (Å²) in [4.78, 5) is 0. The Morgan fingerprint density at radius 2 is 2.05 bits per heavy atom. The fourth-order valence-electron chi connectivity index (χ4n) is 1.76. The zero-order chi connectivity index (χ0) is 14.5. The molecule has 108 valence electrons. The average molecular weight is 315 g/mol. The molecule has 0 atom stereocenters. The molecule has 1 aromatic carbocycles. The van der Waals surface area contributed by atoms with Gasteiger partial charge in [-0.2, -0.15) is 0 Å². The molecule has 1 heterocycles. The maximum atomic E-state index is 6.32. The Hall–Kier alpha value is -1.46. The van der Waals surface area contributed by atoms with Gasteiger partial charge in [-0.1, -0.05) is 17.7 Å². The Kier molecular flexibility index (Phi) is 5.09. The summed E-state index contributed by atoms with van der Waals surface area (Å²) >= 11 is 11.4. The highest BCUT2D eigenvalue weighted by atomic mass is 35.5. The normalized spacial score (nSPS) is 13.8. The first-order valence-corrected chi connectivity index (χ1v) is 6.88. The topological polar surface area (TPSA) is 36.9 Å². The molecule has 0 spiro atoms. The number of hydrogen-bond acceptors (Lipinski definition) is 5. The minimum absolute atomic E-state index is 0.294. The van der Waals surface area contributed by atoms with E-state index in [1.165, 1.54) is 19.6 Å². The highest BCUT2D eigenvalue weighted by Crippen LogP contribution is 2.32. The van der Waals surface area contributed by atoms with Crippen molar-refractivity contribution in [3.63, 3.8) is 0 Å². The van der Waals surface area contributed by atoms with Gasteiger partial charge in [0.25, 0.3) is 0 Å². The molecule has 2 rings (SSSR count). The van der Waals surface area contributed by atoms with Crippen molar-refractivity contribution in [2.24, 2.45) is 0 Å². The second kappa shape index (κ2) is 6.81. The van der Waals surface area contributed by atoms with Crippen molar-refractivity contribution in [1.29, 1.82) is 0 Å². The van der Waals surface area contributed by atoms with Gasteiger partial charge in [0.15, 0.2) is 5.05 Å². The summed E-state index contributed by atoms with van der Waals surface area (Å²) in [6.07, 6.45) is 3.33. The molecule has 4 nitrogen and oxygen atoms in total. The third-order valence-corrected chi connectivity index (χ3v) is 3.58. The van der Waals surface area contributed by atoms with Crippen LogP contribution < -0.4 is 4.74 Å². The molecule has 6 heteroatoms. The van der Waals surface area contributed by atoms with E-state index in [1.807, 2.05) is 19.1 Å². The van der Waals surface area contributed by atoms with Gasteiger partial charge in [0.2, 0.25) is 6.29 Å². The molecule has 1 aliphatic heterocycles. The zero-order valence-corrected chi connectivity index (χ0v) is 12.8. The molecule has 0 saturated carbocycles. The molecule has 0 amide bonds. The summed E-state index contributed by atoms with van der Waals surface area (Å²) in [5.41, 5.74) is 1.59. The Morgan fingerprint density at radius 1 is 1.35 bits per heavy atom. The Morgan fingerprint density at radius 3 is 2.70 bits per heavy atom. The lowest BCUT2D eigenvalue weighted by molar-refractivity contribution is -0.0354. The number of methoxy groups -OCH3 is 1. The lowest BCUT2D eigenvalue weighted by Gasteiger charge is -2.15. The first kappa shape index (κ1) is 14.9. The average Bonchev–Trinajstić information content (AvgIpc) is 2.95. The monoisotopic (exact) mass is 314 g/mol. The van der Waals surface area contributed by atoms with Gasteiger partial charge in [-0.15, -0.1) is 0 Å². The number of halogens is 1. The lowest BCUT2D eigenvalue weighted by atomic mass is 10.1. The molecule has 1 aromatic rings. The summed E-state index contributed by atoms with van der Waals surface area (Å²) < 4.78 is 21.1. The molecule has 0 N–H and O–H groups in total. The van der Waals surface area contributed by atoms with E-state index < -0.39 is 0 Å². The van der Waals surface area contributed by atoms with Crippen LogP contribution in [0.1, 0.15) is 17.5 Å². The number of aryl methyl sites for hydroxylation is 1. The van der Waals surface area contributed by atoms with Crippen LogP contribution in [0.5, 0.6) is 5.75 Å². The second-order valence-corrected chi connectivity index (χ2v) is 4.92. The van der Waals surface area contributed by atoms with E-state index in [-0.39, 0.29) is 6.29 Å². The van der Waals surface area contributed by atoms with Gasteiger partial charge in [-0.3, -0.25) is 0 Å². The molecule has 0 bridgehead atoms. The lowest BCUT2D eigenvalue weighted by Crippen LogP contribution is -2.13. The van der Waals surface area contributed by atoms with Crippen LogP contribution in [0.3, 0.4) is 0 Å². The summed E-state index contributed by atoms with van der Waals surface area (Å²) in [5, 5.41) is 0.801. The van der Waals surface area contributed by atoms with Crippen LogP contribution in [-0.4, -0.2) is 25.1 Å². The third kappa shape index (κ3) is 3.35. The van der Waals surface area contributed by atoms with Crippen molar-refractivity contribution in [3.05, 3.63) is 40.8 Å². The molecule has 0 aliphatic carbocycles. The largest absolute Gasteiger partial charge is 0.491 e. The zero-order valence-electron chi connectivity index (χ0n) is 11.2. The first-order valence-electron chi connectivity index (χ1n) is 6.09. The van der Waals surface area contributed by atoms with E-state index in [0.29, 0.717) is 34.4 Å². The minimum atomic E-state index is -0.294. The van der Waals surface area contributed by atoms with Crippen molar-refractivity contribution < 1.29 is 18.9 Å². The van der Waals surface area contributed by atoms with E-state index in [0.717, 1.165) is 5.56 Å². The van der Waals surface area contributed by atoms with Gasteiger partial charge in [-0.05, 0) is 30.8 Å². The highest BCUT2D eigenvalue weighted by molar-refractivity contribution is 7.80. The van der Waals surface area contributed by atoms with Crippen LogP contribution in [0.25, 0.3) is 0 Å². The second-order valence-electron chi connectivity index (χ2n) is 4.18. The number of rotatable bonds is 5. The molecule has 1 aliphatic rings. The summed E-state index contributed by atoms with van der Waals surface area (Å²) in [5.74, 6) is 0.606. The molecule has 0 radical (unpaired) electrons. The molecule has 0 aromatic heterocycles. The van der Waals surface area contributed by atoms with Gasteiger partial charge in [0, 0.05) is 0 Å². The number of ether oxygens (including phenoxy) is 4. The quantitative estimate of drug-likeness (QED) is 0.776. The molecule has 0 fully saturated rings. The van der Waals surface area contributed by atoms with Crippen molar-refractivity contribution >= 4 is 28.9 Å². The Bertz CT molecular complexity index is 522. The van der Waals surface area contributed by atoms with E-state index in [9.17, 15) is 0 Å². The fraction of sp³-hybridized carbons (Fsp3) is 0.357. The minimum Gasteiger partial charge on any atom is -0.491 e. The summed E-state index contributed by atoms with van der Waals surface area (Å²) in [6.45, 7) is 2.35. The van der Waals surface area contributed by atoms with Gasteiger partial charge >= 0.3 is 0 Å². The van der Waals surface area contributed by atoms with Crippen LogP contribution >= 0.6 is 23.8 Å². The predicted molar refractivity (Wildman–Crippen MR) is 80.1 cm³/mol. The number of hydrogen-bond donors (Lipinski definition) is 0. The molecular formula is C14H15ClO4S. The van der Waals surface area contributed by atoms with Crippen molar-refractivity contribution in [2.75, 3.05) is 13.7 Å². The molecule has 20 heavy (non-hydrogen) atoms. The van der Waals surface area contributed by atoms with Crippen molar-refractivity contribution in [2.45, 2.75) is 19.6 Å². The fourth-order valence-corrected chi connectivity index (χ4v) is 2.34. The third-order valence-electron chi connectivity index (χ3n) is 2.82. The number of benzene rings is 1. The van der Waals surface area contributed by atoms with Crippen LogP contribution in [0.2, 0.25) is 5.02 Å². The van der Waals surface area contributed by atoms with Crippen LogP contribution in [0, 0.1) is 6.92 Å². The maximum absolute atomic E-state index is 6.32. The van der Waals surface area contributed by atoms with Crippen molar-refractivity contribution in [3.8, 4) is 5.75 Å². The standard InChI is InChI=1S/C14H15ClO4S/c1-9-3-4-10(14(20)16-2)12(15)13(9)19-6-5-11-17-7-8-18-11/h3-4,7-8,11H,5-6H2,1-2H3. The predicted octanol–water partition coefficient (Wildman–Crippen LogP) is 3.58. The van der Waals surface area contributed by atoms with E-state index in [2.05, 4.69) is 0 Å². The van der Waals surface area contributed by atoms with Gasteiger partial charge in [-0.25, -0.2) is 0 Å². The van der Waals surface area contributed by atoms with Crippen LogP contribution in [0.4, 0.5) is 0 Å². The first-order chi connectivity index (χ1) is 9.63. The van der Waals surface area contributed by atoms with Gasteiger partial charge < -0.3 is 18.9 Å². The Balaban J connectivity index is 2.04. The van der Waals surface area contributed by atoms with E-state index in [4.69, 9.17) is 42.8 Å². The Labute approximate surface area is 128 Å². The van der Waals surface area contributed by atoms with Crippen LogP contribution in [0.15, 0.2) is 24.7 Å². The summed E-state index contributed by atoms with van der Waals surface area (Å²) in [6, 6.07) is 3.72. The van der Waals surface area contributed by atoms with E-state index in [1.54, 1.807) is 0 Å². The molecule has 0 saturated heterocycles. The molecule has 0 unspecified atom stereocenters. The smallest absolute Gasteiger partial charge is 0.242 e. The van der Waals surface area contributed by atoms with Crippen molar-refractivity contribution in [1.82, 2.24) is 0 Å². The van der Waals surface area contributed by atoms with E-state index >= 15 is 0 Å².